The smallest absolute Gasteiger partial charge is 0.107 e. The lowest BCUT2D eigenvalue weighted by molar-refractivity contribution is -0.164. The lowest BCUT2D eigenvalue weighted by atomic mass is 9.82. The lowest BCUT2D eigenvalue weighted by Crippen LogP contribution is -2.50. The highest BCUT2D eigenvalue weighted by Crippen LogP contribution is 2.40. The summed E-state index contributed by atoms with van der Waals surface area (Å²) in [5.74, 6) is -0.0634. The van der Waals surface area contributed by atoms with Gasteiger partial charge in [-0.25, -0.2) is 0 Å². The topological polar surface area (TPSA) is 68.2 Å². The van der Waals surface area contributed by atoms with Crippen LogP contribution in [0.2, 0.25) is 0 Å². The fourth-order valence-corrected chi connectivity index (χ4v) is 3.56. The highest BCUT2D eigenvalue weighted by molar-refractivity contribution is 5.23. The van der Waals surface area contributed by atoms with Crippen LogP contribution in [0.5, 0.6) is 0 Å². The van der Waals surface area contributed by atoms with Crippen LogP contribution in [0.4, 0.5) is 0 Å². The summed E-state index contributed by atoms with van der Waals surface area (Å²) in [6, 6.07) is 9.92. The Kier molecular flexibility index (Phi) is 5.46. The van der Waals surface area contributed by atoms with Gasteiger partial charge in [-0.15, -0.1) is 0 Å². The minimum absolute atomic E-state index is 0.0188. The third kappa shape index (κ3) is 3.49. The van der Waals surface area contributed by atoms with Crippen molar-refractivity contribution in [3.05, 3.63) is 47.5 Å². The van der Waals surface area contributed by atoms with E-state index in [9.17, 15) is 10.2 Å². The third-order valence-electron chi connectivity index (χ3n) is 4.81. The molecular weight excluding hydrogens is 296 g/mol. The minimum atomic E-state index is -0.672. The number of benzene rings is 1. The van der Waals surface area contributed by atoms with Gasteiger partial charge in [-0.2, -0.15) is 0 Å². The van der Waals surface area contributed by atoms with Gasteiger partial charge < -0.3 is 24.4 Å². The molecule has 0 aromatic heterocycles. The first-order valence-corrected chi connectivity index (χ1v) is 8.00. The molecule has 1 aromatic rings. The van der Waals surface area contributed by atoms with Crippen LogP contribution in [-0.2, 0) is 20.8 Å². The third-order valence-corrected chi connectivity index (χ3v) is 4.81. The molecule has 0 bridgehead atoms. The van der Waals surface area contributed by atoms with Gasteiger partial charge in [0.2, 0.25) is 0 Å². The van der Waals surface area contributed by atoms with Crippen LogP contribution in [-0.4, -0.2) is 55.5 Å². The van der Waals surface area contributed by atoms with E-state index in [0.717, 1.165) is 11.1 Å². The Hall–Kier alpha value is -1.24. The maximum Gasteiger partial charge on any atom is 0.107 e. The van der Waals surface area contributed by atoms with Gasteiger partial charge in [0.1, 0.15) is 6.10 Å². The molecule has 5 atom stereocenters. The van der Waals surface area contributed by atoms with Gasteiger partial charge in [-0.05, 0) is 11.1 Å². The first-order valence-electron chi connectivity index (χ1n) is 8.00. The standard InChI is InChI=1S/C18H24O5/c1-21-15-7-13(8-19)14-10-23-16(18(20)17(14)15)11-22-9-12-5-3-2-4-6-12/h2-7,14-20H,8-11H2,1H3/t14-,15+,16-,17-,18-/m1/s1. The summed E-state index contributed by atoms with van der Waals surface area (Å²) in [4.78, 5) is 0. The van der Waals surface area contributed by atoms with E-state index >= 15 is 0 Å². The number of hydrogen-bond donors (Lipinski definition) is 2. The van der Waals surface area contributed by atoms with Crippen molar-refractivity contribution < 1.29 is 24.4 Å². The maximum absolute atomic E-state index is 10.7. The van der Waals surface area contributed by atoms with Crippen LogP contribution >= 0.6 is 0 Å². The molecule has 0 saturated carbocycles. The summed E-state index contributed by atoms with van der Waals surface area (Å²) < 4.78 is 17.0. The first kappa shape index (κ1) is 16.6. The van der Waals surface area contributed by atoms with Crippen LogP contribution in [0.15, 0.2) is 42.0 Å². The van der Waals surface area contributed by atoms with E-state index in [4.69, 9.17) is 14.2 Å². The van der Waals surface area contributed by atoms with E-state index in [1.807, 2.05) is 36.4 Å². The Balaban J connectivity index is 1.57. The van der Waals surface area contributed by atoms with Crippen molar-refractivity contribution in [1.82, 2.24) is 0 Å². The number of ether oxygens (including phenoxy) is 3. The molecule has 2 N–H and O–H groups in total. The van der Waals surface area contributed by atoms with Crippen molar-refractivity contribution >= 4 is 0 Å². The SMILES string of the molecule is CO[C@H]1C=C(CO)[C@H]2CO[C@H](COCc3ccccc3)[C@@H](O)[C@@H]12. The Morgan fingerprint density at radius 2 is 2.04 bits per heavy atom. The molecule has 1 fully saturated rings. The molecular formula is C18H24O5. The Bertz CT molecular complexity index is 529. The molecule has 126 valence electrons. The quantitative estimate of drug-likeness (QED) is 0.770. The zero-order valence-electron chi connectivity index (χ0n) is 13.3. The highest BCUT2D eigenvalue weighted by atomic mass is 16.5. The molecule has 1 aromatic carbocycles. The molecule has 1 saturated heterocycles. The maximum atomic E-state index is 10.7. The second kappa shape index (κ2) is 7.55. The fourth-order valence-electron chi connectivity index (χ4n) is 3.56. The molecule has 23 heavy (non-hydrogen) atoms. The molecule has 0 amide bonds. The molecule has 1 aliphatic heterocycles. The average molecular weight is 320 g/mol. The zero-order valence-corrected chi connectivity index (χ0v) is 13.3. The van der Waals surface area contributed by atoms with Crippen molar-refractivity contribution in [2.45, 2.75) is 24.9 Å². The van der Waals surface area contributed by atoms with Crippen molar-refractivity contribution in [1.29, 1.82) is 0 Å². The van der Waals surface area contributed by atoms with Crippen LogP contribution < -0.4 is 0 Å². The van der Waals surface area contributed by atoms with Gasteiger partial charge in [-0.1, -0.05) is 36.4 Å². The average Bonchev–Trinajstić information content (AvgIpc) is 2.96. The normalized spacial score (nSPS) is 33.3. The number of methoxy groups -OCH3 is 1. The van der Waals surface area contributed by atoms with Crippen LogP contribution in [0.1, 0.15) is 5.56 Å². The van der Waals surface area contributed by atoms with E-state index in [1.54, 1.807) is 7.11 Å². The van der Waals surface area contributed by atoms with E-state index in [1.165, 1.54) is 0 Å². The Morgan fingerprint density at radius 3 is 2.74 bits per heavy atom. The number of aliphatic hydroxyl groups excluding tert-OH is 2. The monoisotopic (exact) mass is 320 g/mol. The fraction of sp³-hybridized carbons (Fsp3) is 0.556. The van der Waals surface area contributed by atoms with Crippen LogP contribution in [0.3, 0.4) is 0 Å². The van der Waals surface area contributed by atoms with Crippen LogP contribution in [0, 0.1) is 11.8 Å². The molecule has 1 heterocycles. The number of aliphatic hydroxyl groups is 2. The first-order chi connectivity index (χ1) is 11.2. The van der Waals surface area contributed by atoms with E-state index in [2.05, 4.69) is 0 Å². The van der Waals surface area contributed by atoms with Crippen molar-refractivity contribution in [2.75, 3.05) is 26.9 Å². The van der Waals surface area contributed by atoms with Gasteiger partial charge in [0.25, 0.3) is 0 Å². The summed E-state index contributed by atoms with van der Waals surface area (Å²) in [5.41, 5.74) is 1.99. The molecule has 0 radical (unpaired) electrons. The predicted octanol–water partition coefficient (Wildman–Crippen LogP) is 1.14. The second-order valence-electron chi connectivity index (χ2n) is 6.15. The second-order valence-corrected chi connectivity index (χ2v) is 6.15. The number of fused-ring (bicyclic) bond motifs is 1. The van der Waals surface area contributed by atoms with E-state index < -0.39 is 6.10 Å². The number of hydrogen-bond acceptors (Lipinski definition) is 5. The van der Waals surface area contributed by atoms with Crippen molar-refractivity contribution in [3.63, 3.8) is 0 Å². The Labute approximate surface area is 136 Å². The highest BCUT2D eigenvalue weighted by Gasteiger charge is 2.47. The lowest BCUT2D eigenvalue weighted by Gasteiger charge is -2.39. The summed E-state index contributed by atoms with van der Waals surface area (Å²) in [6.45, 7) is 1.29. The molecule has 1 aliphatic carbocycles. The molecule has 0 unspecified atom stereocenters. The van der Waals surface area contributed by atoms with Gasteiger partial charge in [0.05, 0.1) is 38.6 Å². The number of rotatable bonds is 6. The minimum Gasteiger partial charge on any atom is -0.392 e. The van der Waals surface area contributed by atoms with Gasteiger partial charge in [0, 0.05) is 18.9 Å². The summed E-state index contributed by atoms with van der Waals surface area (Å²) >= 11 is 0. The predicted molar refractivity (Wildman–Crippen MR) is 84.8 cm³/mol. The summed E-state index contributed by atoms with van der Waals surface area (Å²) in [7, 11) is 1.63. The van der Waals surface area contributed by atoms with Gasteiger partial charge in [-0.3, -0.25) is 0 Å². The van der Waals surface area contributed by atoms with Gasteiger partial charge in [0.15, 0.2) is 0 Å². The molecule has 5 heteroatoms. The Morgan fingerprint density at radius 1 is 1.26 bits per heavy atom. The van der Waals surface area contributed by atoms with Crippen molar-refractivity contribution in [3.8, 4) is 0 Å². The molecule has 2 aliphatic rings. The zero-order chi connectivity index (χ0) is 16.2. The van der Waals surface area contributed by atoms with Crippen LogP contribution in [0.25, 0.3) is 0 Å². The molecule has 3 rings (SSSR count). The van der Waals surface area contributed by atoms with E-state index in [-0.39, 0.29) is 30.7 Å². The van der Waals surface area contributed by atoms with Gasteiger partial charge >= 0.3 is 0 Å². The summed E-state index contributed by atoms with van der Waals surface area (Å²) in [5, 5.41) is 20.1. The largest absolute Gasteiger partial charge is 0.392 e. The molecule has 5 nitrogen and oxygen atoms in total. The van der Waals surface area contributed by atoms with E-state index in [0.29, 0.717) is 19.8 Å². The molecule has 0 spiro atoms. The summed E-state index contributed by atoms with van der Waals surface area (Å²) in [6.07, 6.45) is 0.686. The van der Waals surface area contributed by atoms with Crippen molar-refractivity contribution in [2.24, 2.45) is 11.8 Å².